The van der Waals surface area contributed by atoms with Crippen LogP contribution in [-0.2, 0) is 11.3 Å². The SMILES string of the molecule is O=C(O)C(F)(F)F.c1ccc(N2CCCC3(CCN(Cc4cccs4)C3)C2)nc1. The summed E-state index contributed by atoms with van der Waals surface area (Å²) in [5, 5.41) is 9.31. The molecule has 1 N–H and O–H groups in total. The maximum atomic E-state index is 10.6. The number of thiophene rings is 1. The number of carbonyl (C=O) groups is 1. The number of likely N-dealkylation sites (tertiary alicyclic amines) is 1. The van der Waals surface area contributed by atoms with Crippen molar-refractivity contribution in [2.24, 2.45) is 5.41 Å². The molecule has 2 aromatic heterocycles. The molecule has 4 rings (SSSR count). The summed E-state index contributed by atoms with van der Waals surface area (Å²) < 4.78 is 31.7. The molecule has 4 heterocycles. The highest BCUT2D eigenvalue weighted by atomic mass is 32.1. The molecule has 158 valence electrons. The first-order valence-electron chi connectivity index (χ1n) is 9.48. The van der Waals surface area contributed by atoms with Crippen molar-refractivity contribution in [3.63, 3.8) is 0 Å². The quantitative estimate of drug-likeness (QED) is 0.793. The van der Waals surface area contributed by atoms with Crippen LogP contribution in [0, 0.1) is 5.41 Å². The molecule has 2 saturated heterocycles. The Kier molecular flexibility index (Phi) is 6.79. The summed E-state index contributed by atoms with van der Waals surface area (Å²) in [5.41, 5.74) is 0.479. The molecular formula is C20H24F3N3O2S. The number of aliphatic carboxylic acids is 1. The van der Waals surface area contributed by atoms with Crippen LogP contribution in [0.3, 0.4) is 0 Å². The number of aromatic nitrogens is 1. The van der Waals surface area contributed by atoms with Gasteiger partial charge in [-0.2, -0.15) is 13.2 Å². The van der Waals surface area contributed by atoms with Crippen LogP contribution in [0.1, 0.15) is 24.1 Å². The van der Waals surface area contributed by atoms with Gasteiger partial charge in [-0.3, -0.25) is 4.90 Å². The number of carboxylic acids is 1. The van der Waals surface area contributed by atoms with E-state index in [0.717, 1.165) is 18.9 Å². The first-order chi connectivity index (χ1) is 13.8. The first-order valence-corrected chi connectivity index (χ1v) is 10.4. The molecule has 1 unspecified atom stereocenters. The minimum absolute atomic E-state index is 0.479. The van der Waals surface area contributed by atoms with Crippen molar-refractivity contribution in [3.05, 3.63) is 46.8 Å². The fourth-order valence-corrected chi connectivity index (χ4v) is 4.81. The molecule has 0 saturated carbocycles. The lowest BCUT2D eigenvalue weighted by Crippen LogP contribution is -2.45. The van der Waals surface area contributed by atoms with Gasteiger partial charge in [-0.25, -0.2) is 9.78 Å². The van der Waals surface area contributed by atoms with E-state index in [9.17, 15) is 13.2 Å². The van der Waals surface area contributed by atoms with E-state index in [2.05, 4.69) is 44.4 Å². The van der Waals surface area contributed by atoms with Crippen LogP contribution in [0.2, 0.25) is 0 Å². The summed E-state index contributed by atoms with van der Waals surface area (Å²) >= 11 is 1.88. The number of alkyl halides is 3. The summed E-state index contributed by atoms with van der Waals surface area (Å²) in [6.45, 7) is 5.94. The second kappa shape index (κ2) is 9.13. The smallest absolute Gasteiger partial charge is 0.475 e. The van der Waals surface area contributed by atoms with Gasteiger partial charge in [0.1, 0.15) is 5.82 Å². The average Bonchev–Trinajstić information content (AvgIpc) is 3.33. The molecule has 5 nitrogen and oxygen atoms in total. The van der Waals surface area contributed by atoms with E-state index < -0.39 is 12.1 Å². The molecule has 0 amide bonds. The number of anilines is 1. The number of hydrogen-bond acceptors (Lipinski definition) is 5. The topological polar surface area (TPSA) is 56.7 Å². The third-order valence-electron chi connectivity index (χ3n) is 5.35. The summed E-state index contributed by atoms with van der Waals surface area (Å²) in [4.78, 5) is 20.1. The van der Waals surface area contributed by atoms with Crippen molar-refractivity contribution in [1.82, 2.24) is 9.88 Å². The normalized spacial score (nSPS) is 22.4. The maximum Gasteiger partial charge on any atom is 0.490 e. The highest BCUT2D eigenvalue weighted by Crippen LogP contribution is 2.40. The van der Waals surface area contributed by atoms with Gasteiger partial charge in [0.15, 0.2) is 0 Å². The molecule has 2 aliphatic heterocycles. The standard InChI is InChI=1S/C18H23N3S.C2HF3O2/c1-2-9-19-17(6-1)21-10-4-7-18(15-21)8-11-20(14-18)13-16-5-3-12-22-16;3-2(4,5)1(6)7/h1-3,5-6,9,12H,4,7-8,10-11,13-15H2;(H,6,7). The van der Waals surface area contributed by atoms with Crippen LogP contribution in [0.5, 0.6) is 0 Å². The third-order valence-corrected chi connectivity index (χ3v) is 6.22. The molecule has 0 radical (unpaired) electrons. The van der Waals surface area contributed by atoms with Gasteiger partial charge in [-0.05, 0) is 49.4 Å². The molecule has 1 spiro atoms. The van der Waals surface area contributed by atoms with Crippen molar-refractivity contribution >= 4 is 23.1 Å². The molecule has 9 heteroatoms. The number of halogens is 3. The molecule has 0 bridgehead atoms. The fraction of sp³-hybridized carbons (Fsp3) is 0.500. The number of nitrogens with zero attached hydrogens (tertiary/aromatic N) is 3. The summed E-state index contributed by atoms with van der Waals surface area (Å²) in [7, 11) is 0. The molecule has 1 atom stereocenters. The minimum Gasteiger partial charge on any atom is -0.475 e. The van der Waals surface area contributed by atoms with Crippen molar-refractivity contribution in [1.29, 1.82) is 0 Å². The summed E-state index contributed by atoms with van der Waals surface area (Å²) in [6, 6.07) is 10.7. The maximum absolute atomic E-state index is 10.6. The first kappa shape index (κ1) is 21.6. The minimum atomic E-state index is -5.08. The fourth-order valence-electron chi connectivity index (χ4n) is 4.06. The zero-order chi connectivity index (χ0) is 20.9. The molecule has 29 heavy (non-hydrogen) atoms. The number of rotatable bonds is 3. The van der Waals surface area contributed by atoms with Crippen LogP contribution >= 0.6 is 11.3 Å². The second-order valence-electron chi connectivity index (χ2n) is 7.56. The number of hydrogen-bond donors (Lipinski definition) is 1. The van der Waals surface area contributed by atoms with E-state index in [1.807, 2.05) is 23.6 Å². The van der Waals surface area contributed by atoms with Gasteiger partial charge in [-0.1, -0.05) is 12.1 Å². The van der Waals surface area contributed by atoms with E-state index in [0.29, 0.717) is 5.41 Å². The van der Waals surface area contributed by atoms with Crippen molar-refractivity contribution < 1.29 is 23.1 Å². The van der Waals surface area contributed by atoms with Crippen LogP contribution in [0.25, 0.3) is 0 Å². The Morgan fingerprint density at radius 2 is 1.97 bits per heavy atom. The van der Waals surface area contributed by atoms with Gasteiger partial charge in [0.2, 0.25) is 0 Å². The Morgan fingerprint density at radius 3 is 2.59 bits per heavy atom. The van der Waals surface area contributed by atoms with Crippen LogP contribution < -0.4 is 4.90 Å². The van der Waals surface area contributed by atoms with Gasteiger partial charge in [0.25, 0.3) is 0 Å². The van der Waals surface area contributed by atoms with Gasteiger partial charge < -0.3 is 10.0 Å². The van der Waals surface area contributed by atoms with Gasteiger partial charge in [0, 0.05) is 42.7 Å². The average molecular weight is 427 g/mol. The highest BCUT2D eigenvalue weighted by Gasteiger charge is 2.41. The third kappa shape index (κ3) is 5.93. The Hall–Kier alpha value is -2.13. The van der Waals surface area contributed by atoms with Gasteiger partial charge in [-0.15, -0.1) is 11.3 Å². The number of piperidine rings is 1. The van der Waals surface area contributed by atoms with Crippen LogP contribution in [-0.4, -0.2) is 53.3 Å². The van der Waals surface area contributed by atoms with Crippen molar-refractivity contribution in [2.75, 3.05) is 31.1 Å². The summed E-state index contributed by atoms with van der Waals surface area (Å²) in [5.74, 6) is -1.61. The largest absolute Gasteiger partial charge is 0.490 e. The van der Waals surface area contributed by atoms with Crippen molar-refractivity contribution in [2.45, 2.75) is 32.0 Å². The molecule has 2 fully saturated rings. The Bertz CT molecular complexity index is 786. The zero-order valence-electron chi connectivity index (χ0n) is 15.9. The molecule has 0 aliphatic carbocycles. The van der Waals surface area contributed by atoms with Gasteiger partial charge >= 0.3 is 12.1 Å². The lowest BCUT2D eigenvalue weighted by molar-refractivity contribution is -0.192. The summed E-state index contributed by atoms with van der Waals surface area (Å²) in [6.07, 6.45) is 0.830. The Labute approximate surface area is 171 Å². The van der Waals surface area contributed by atoms with Crippen molar-refractivity contribution in [3.8, 4) is 0 Å². The predicted octanol–water partition coefficient (Wildman–Crippen LogP) is 4.27. The van der Waals surface area contributed by atoms with Crippen LogP contribution in [0.15, 0.2) is 41.9 Å². The van der Waals surface area contributed by atoms with E-state index >= 15 is 0 Å². The van der Waals surface area contributed by atoms with E-state index in [1.54, 1.807) is 0 Å². The lowest BCUT2D eigenvalue weighted by atomic mass is 9.79. The Morgan fingerprint density at radius 1 is 1.17 bits per heavy atom. The zero-order valence-corrected chi connectivity index (χ0v) is 16.8. The van der Waals surface area contributed by atoms with Crippen LogP contribution in [0.4, 0.5) is 19.0 Å². The van der Waals surface area contributed by atoms with E-state index in [-0.39, 0.29) is 0 Å². The Balaban J connectivity index is 0.000000298. The molecular weight excluding hydrogens is 403 g/mol. The lowest BCUT2D eigenvalue weighted by Gasteiger charge is -2.41. The molecule has 2 aromatic rings. The molecule has 0 aromatic carbocycles. The molecule has 2 aliphatic rings. The van der Waals surface area contributed by atoms with Gasteiger partial charge in [0.05, 0.1) is 0 Å². The monoisotopic (exact) mass is 427 g/mol. The van der Waals surface area contributed by atoms with E-state index in [4.69, 9.17) is 9.90 Å². The number of carboxylic acid groups (broad SMARTS) is 1. The predicted molar refractivity (Wildman–Crippen MR) is 106 cm³/mol. The highest BCUT2D eigenvalue weighted by molar-refractivity contribution is 7.09. The van der Waals surface area contributed by atoms with E-state index in [1.165, 1.54) is 43.8 Å². The number of pyridine rings is 1. The second-order valence-corrected chi connectivity index (χ2v) is 8.59.